The van der Waals surface area contributed by atoms with Gasteiger partial charge in [0.25, 0.3) is 0 Å². The zero-order chi connectivity index (χ0) is 18.3. The molecule has 0 spiro atoms. The van der Waals surface area contributed by atoms with Crippen molar-refractivity contribution < 1.29 is 9.47 Å². The van der Waals surface area contributed by atoms with Crippen molar-refractivity contribution in [3.8, 4) is 33.3 Å². The van der Waals surface area contributed by atoms with Crippen molar-refractivity contribution in [2.75, 3.05) is 12.9 Å². The number of rotatable bonds is 4. The van der Waals surface area contributed by atoms with Gasteiger partial charge in [-0.2, -0.15) is 0 Å². The summed E-state index contributed by atoms with van der Waals surface area (Å²) >= 11 is 4.77. The Bertz CT molecular complexity index is 986. The van der Waals surface area contributed by atoms with Crippen molar-refractivity contribution in [3.63, 3.8) is 0 Å². The molecule has 4 rings (SSSR count). The molecule has 0 saturated carbocycles. The Kier molecular flexibility index (Phi) is 6.00. The third-order valence-corrected chi connectivity index (χ3v) is 7.10. The zero-order valence-electron chi connectivity index (χ0n) is 14.6. The Labute approximate surface area is 175 Å². The van der Waals surface area contributed by atoms with E-state index in [1.165, 1.54) is 11.3 Å². The molecule has 0 radical (unpaired) electrons. The van der Waals surface area contributed by atoms with Crippen molar-refractivity contribution in [2.45, 2.75) is 17.2 Å². The highest BCUT2D eigenvalue weighted by Crippen LogP contribution is 2.41. The Morgan fingerprint density at radius 1 is 1.33 bits per heavy atom. The van der Waals surface area contributed by atoms with Crippen molar-refractivity contribution in [3.05, 3.63) is 34.5 Å². The summed E-state index contributed by atoms with van der Waals surface area (Å²) in [6, 6.07) is 7.87. The molecule has 3 heterocycles. The molecule has 1 aliphatic rings. The molecule has 0 amide bonds. The van der Waals surface area contributed by atoms with E-state index >= 15 is 0 Å². The highest BCUT2D eigenvalue weighted by atomic mass is 35.5. The number of thiazole rings is 1. The van der Waals surface area contributed by atoms with E-state index in [1.54, 1.807) is 23.1 Å². The summed E-state index contributed by atoms with van der Waals surface area (Å²) in [4.78, 5) is 5.57. The third-order valence-electron chi connectivity index (χ3n) is 3.92. The highest BCUT2D eigenvalue weighted by molar-refractivity contribution is 8.00. The Morgan fingerprint density at radius 3 is 2.89 bits per heavy atom. The van der Waals surface area contributed by atoms with E-state index in [2.05, 4.69) is 0 Å². The van der Waals surface area contributed by atoms with E-state index in [9.17, 15) is 0 Å². The maximum Gasteiger partial charge on any atom is 0.162 e. The molecule has 3 aromatic rings. The minimum absolute atomic E-state index is 0. The van der Waals surface area contributed by atoms with Crippen LogP contribution in [0.2, 0.25) is 0 Å². The van der Waals surface area contributed by atoms with E-state index in [-0.39, 0.29) is 24.3 Å². The van der Waals surface area contributed by atoms with Crippen molar-refractivity contribution in [1.82, 2.24) is 4.98 Å². The summed E-state index contributed by atoms with van der Waals surface area (Å²) in [5, 5.41) is 10.6. The molecule has 1 unspecified atom stereocenters. The van der Waals surface area contributed by atoms with Crippen LogP contribution in [0, 0.1) is 5.41 Å². The lowest BCUT2D eigenvalue weighted by Crippen LogP contribution is -2.25. The maximum absolute atomic E-state index is 7.66. The predicted octanol–water partition coefficient (Wildman–Crippen LogP) is 5.13. The maximum atomic E-state index is 7.66. The van der Waals surface area contributed by atoms with Gasteiger partial charge in [-0.25, -0.2) is 4.98 Å². The molecule has 2 aromatic heterocycles. The van der Waals surface area contributed by atoms with Gasteiger partial charge in [-0.05, 0) is 37.4 Å². The van der Waals surface area contributed by atoms with E-state index in [4.69, 9.17) is 25.6 Å². The molecule has 1 aliphatic heterocycles. The normalized spacial score (nSPS) is 15.3. The number of amidine groups is 1. The Morgan fingerprint density at radius 2 is 2.15 bits per heavy atom. The quantitative estimate of drug-likeness (QED) is 0.334. The van der Waals surface area contributed by atoms with Crippen LogP contribution in [0.15, 0.2) is 33.9 Å². The number of thioether (sulfide) groups is 1. The first-order valence-electron chi connectivity index (χ1n) is 7.97. The first-order valence-corrected chi connectivity index (χ1v) is 10.9. The van der Waals surface area contributed by atoms with Crippen LogP contribution in [0.25, 0.3) is 21.8 Å². The predicted molar refractivity (Wildman–Crippen MR) is 116 cm³/mol. The molecule has 0 bridgehead atoms. The van der Waals surface area contributed by atoms with Crippen molar-refractivity contribution in [2.24, 2.45) is 5.73 Å². The van der Waals surface area contributed by atoms with Gasteiger partial charge >= 0.3 is 0 Å². The average Bonchev–Trinajstić information content (AvgIpc) is 3.28. The molecule has 1 aromatic carbocycles. The van der Waals surface area contributed by atoms with Gasteiger partial charge in [-0.15, -0.1) is 46.8 Å². The van der Waals surface area contributed by atoms with Crippen LogP contribution in [0.3, 0.4) is 0 Å². The number of aromatic nitrogens is 1. The molecule has 5 nitrogen and oxygen atoms in total. The lowest BCUT2D eigenvalue weighted by atomic mass is 10.1. The van der Waals surface area contributed by atoms with Gasteiger partial charge in [0.05, 0.1) is 14.8 Å². The molecular formula is C18H18ClN3O2S3. The summed E-state index contributed by atoms with van der Waals surface area (Å²) < 4.78 is 12.7. The third kappa shape index (κ3) is 3.94. The van der Waals surface area contributed by atoms with Crippen LogP contribution < -0.4 is 15.2 Å². The van der Waals surface area contributed by atoms with Crippen LogP contribution in [-0.4, -0.2) is 29.8 Å². The second-order valence-corrected chi connectivity index (χ2v) is 8.85. The van der Waals surface area contributed by atoms with E-state index in [1.807, 2.05) is 42.8 Å². The number of nitrogens with two attached hydrogens (primary N) is 1. The van der Waals surface area contributed by atoms with Crippen molar-refractivity contribution >= 4 is 52.7 Å². The van der Waals surface area contributed by atoms with E-state index in [0.29, 0.717) is 6.61 Å². The number of benzene rings is 1. The van der Waals surface area contributed by atoms with Gasteiger partial charge < -0.3 is 15.2 Å². The molecule has 3 N–H and O–H groups in total. The van der Waals surface area contributed by atoms with Crippen LogP contribution in [0.4, 0.5) is 0 Å². The van der Waals surface area contributed by atoms with Crippen LogP contribution in [0.5, 0.6) is 11.5 Å². The van der Waals surface area contributed by atoms with Crippen LogP contribution in [-0.2, 0) is 0 Å². The number of hydrogen-bond donors (Lipinski definition) is 2. The van der Waals surface area contributed by atoms with E-state index < -0.39 is 0 Å². The molecule has 27 heavy (non-hydrogen) atoms. The largest absolute Gasteiger partial charge is 0.486 e. The first-order chi connectivity index (χ1) is 12.5. The lowest BCUT2D eigenvalue weighted by Gasteiger charge is -2.24. The molecule has 142 valence electrons. The molecule has 9 heteroatoms. The number of fused-ring (bicyclic) bond motifs is 1. The molecule has 1 atom stereocenters. The SMILES string of the molecule is CSc1sc(C(=N)N)cc1-c1nc(-c2ccc3c(c2)OCC(C)O3)cs1.Cl. The van der Waals surface area contributed by atoms with Gasteiger partial charge in [0.2, 0.25) is 0 Å². The van der Waals surface area contributed by atoms with Gasteiger partial charge in [0, 0.05) is 16.5 Å². The van der Waals surface area contributed by atoms with Gasteiger partial charge in [-0.3, -0.25) is 5.41 Å². The first kappa shape index (κ1) is 20.0. The standard InChI is InChI=1S/C18H17N3O2S3.ClH/c1-9-7-22-14-5-10(3-4-13(14)23-9)12-8-25-17(21-12)11-6-15(16(19)20)26-18(11)24-2;/h3-6,8-9H,7H2,1-2H3,(H3,19,20);1H. The fourth-order valence-electron chi connectivity index (χ4n) is 2.67. The van der Waals surface area contributed by atoms with Gasteiger partial charge in [0.15, 0.2) is 11.5 Å². The number of nitrogen functional groups attached to an aromatic ring is 1. The number of hydrogen-bond acceptors (Lipinski definition) is 7. The number of halogens is 1. The number of ether oxygens (including phenoxy) is 2. The summed E-state index contributed by atoms with van der Waals surface area (Å²) in [5.74, 6) is 1.63. The number of thiophene rings is 1. The van der Waals surface area contributed by atoms with Crippen molar-refractivity contribution in [1.29, 1.82) is 5.41 Å². The molecular weight excluding hydrogens is 422 g/mol. The summed E-state index contributed by atoms with van der Waals surface area (Å²) in [5.41, 5.74) is 8.58. The smallest absolute Gasteiger partial charge is 0.162 e. The number of nitrogens with one attached hydrogen (secondary N) is 1. The van der Waals surface area contributed by atoms with Crippen LogP contribution in [0.1, 0.15) is 11.8 Å². The minimum atomic E-state index is 0. The molecule has 0 fully saturated rings. The molecule has 0 aliphatic carbocycles. The fraction of sp³-hybridized carbons (Fsp3) is 0.222. The average molecular weight is 440 g/mol. The summed E-state index contributed by atoms with van der Waals surface area (Å²) in [6.07, 6.45) is 2.09. The lowest BCUT2D eigenvalue weighted by molar-refractivity contribution is 0.104. The van der Waals surface area contributed by atoms with E-state index in [0.717, 1.165) is 42.4 Å². The second-order valence-electron chi connectivity index (χ2n) is 5.87. The monoisotopic (exact) mass is 439 g/mol. The van der Waals surface area contributed by atoms with Gasteiger partial charge in [-0.1, -0.05) is 0 Å². The fourth-order valence-corrected chi connectivity index (χ4v) is 5.38. The second kappa shape index (κ2) is 8.10. The Balaban J connectivity index is 0.00000210. The summed E-state index contributed by atoms with van der Waals surface area (Å²) in [6.45, 7) is 2.54. The zero-order valence-corrected chi connectivity index (χ0v) is 17.9. The minimum Gasteiger partial charge on any atom is -0.486 e. The Hall–Kier alpha value is -1.74. The molecule has 0 saturated heterocycles. The van der Waals surface area contributed by atoms with Crippen LogP contribution >= 0.6 is 46.8 Å². The summed E-state index contributed by atoms with van der Waals surface area (Å²) in [7, 11) is 0. The number of nitrogens with zero attached hydrogens (tertiary/aromatic N) is 1. The van der Waals surface area contributed by atoms with Gasteiger partial charge in [0.1, 0.15) is 23.6 Å². The topological polar surface area (TPSA) is 81.2 Å². The highest BCUT2D eigenvalue weighted by Gasteiger charge is 2.19.